The number of hydrogen-bond donors (Lipinski definition) is 5. The molecule has 1 saturated heterocycles. The van der Waals surface area contributed by atoms with Crippen LogP contribution >= 0.6 is 22.7 Å². The molecule has 4 aromatic rings. The Labute approximate surface area is 334 Å². The smallest absolute Gasteiger partial charge is 0.349 e. The van der Waals surface area contributed by atoms with Crippen molar-refractivity contribution in [3.05, 3.63) is 55.9 Å². The van der Waals surface area contributed by atoms with Gasteiger partial charge in [0.1, 0.15) is 17.1 Å². The van der Waals surface area contributed by atoms with Gasteiger partial charge in [-0.1, -0.05) is 11.3 Å². The van der Waals surface area contributed by atoms with Gasteiger partial charge in [0.25, 0.3) is 0 Å². The number of carbonyl (C=O) groups is 2. The third-order valence-electron chi connectivity index (χ3n) is 12.3. The SMILES string of the molecule is Cc1ccc([C@@](O)(C(=O)OC2CCC(N(C)CCCn3nnc4cc(CNC[C@H](O)C5CCC(O)C6NC(=O)CCC65)c5c(c43)OCO5)CC2)c2cccs2)s1. The van der Waals surface area contributed by atoms with Crippen molar-refractivity contribution in [1.82, 2.24) is 30.5 Å². The summed E-state index contributed by atoms with van der Waals surface area (Å²) < 4.78 is 19.8. The highest BCUT2D eigenvalue weighted by molar-refractivity contribution is 7.13. The number of esters is 1. The lowest BCUT2D eigenvalue weighted by molar-refractivity contribution is -0.169. The Bertz CT molecular complexity index is 2000. The minimum atomic E-state index is -1.80. The molecule has 2 aliphatic heterocycles. The number of ether oxygens (including phenoxy) is 3. The topological polar surface area (TPSA) is 181 Å². The van der Waals surface area contributed by atoms with Crippen LogP contribution in [0.5, 0.6) is 11.5 Å². The molecule has 4 aliphatic rings. The molecule has 14 nitrogen and oxygen atoms in total. The first kappa shape index (κ1) is 39.2. The van der Waals surface area contributed by atoms with Crippen LogP contribution in [-0.2, 0) is 33.0 Å². The lowest BCUT2D eigenvalue weighted by Gasteiger charge is -2.45. The maximum atomic E-state index is 13.5. The third kappa shape index (κ3) is 7.81. The molecule has 4 unspecified atom stereocenters. The van der Waals surface area contributed by atoms with Crippen LogP contribution in [0.3, 0.4) is 0 Å². The summed E-state index contributed by atoms with van der Waals surface area (Å²) in [6.45, 7) is 4.38. The van der Waals surface area contributed by atoms with Gasteiger partial charge in [-0.15, -0.1) is 27.8 Å². The molecular formula is C40H52N6O8S2. The van der Waals surface area contributed by atoms with Gasteiger partial charge >= 0.3 is 5.97 Å². The van der Waals surface area contributed by atoms with Gasteiger partial charge < -0.3 is 45.1 Å². The molecule has 16 heteroatoms. The van der Waals surface area contributed by atoms with Crippen LogP contribution in [0, 0.1) is 18.8 Å². The molecule has 1 amide bonds. The van der Waals surface area contributed by atoms with Crippen molar-refractivity contribution in [2.75, 3.05) is 26.9 Å². The van der Waals surface area contributed by atoms with Crippen LogP contribution < -0.4 is 20.1 Å². The average Bonchev–Trinajstić information content (AvgIpc) is 4.03. The second-order valence-electron chi connectivity index (χ2n) is 15.9. The number of nitrogens with one attached hydrogen (secondary N) is 2. The molecule has 8 rings (SSSR count). The molecule has 0 spiro atoms. The molecule has 0 bridgehead atoms. The Kier molecular flexibility index (Phi) is 11.7. The van der Waals surface area contributed by atoms with Crippen molar-refractivity contribution < 1.29 is 39.1 Å². The van der Waals surface area contributed by atoms with Crippen LogP contribution in [0.25, 0.3) is 11.0 Å². The molecule has 302 valence electrons. The number of benzene rings is 1. The molecule has 1 aromatic carbocycles. The molecule has 2 saturated carbocycles. The van der Waals surface area contributed by atoms with Crippen molar-refractivity contribution >= 4 is 45.6 Å². The summed E-state index contributed by atoms with van der Waals surface area (Å²) in [5, 5.41) is 50.5. The molecule has 5 N–H and O–H groups in total. The van der Waals surface area contributed by atoms with Gasteiger partial charge in [-0.3, -0.25) is 4.79 Å². The minimum Gasteiger partial charge on any atom is -0.460 e. The average molecular weight is 809 g/mol. The van der Waals surface area contributed by atoms with Crippen LogP contribution in [0.15, 0.2) is 35.7 Å². The number of piperidine rings is 1. The number of carbonyl (C=O) groups excluding carboxylic acids is 2. The summed E-state index contributed by atoms with van der Waals surface area (Å²) in [4.78, 5) is 30.1. The zero-order chi connectivity index (χ0) is 39.0. The predicted molar refractivity (Wildman–Crippen MR) is 211 cm³/mol. The number of nitrogens with zero attached hydrogens (tertiary/aromatic N) is 4. The highest BCUT2D eigenvalue weighted by atomic mass is 32.1. The molecule has 5 heterocycles. The summed E-state index contributed by atoms with van der Waals surface area (Å²) in [5.41, 5.74) is 0.604. The molecular weight excluding hydrogens is 757 g/mol. The quantitative estimate of drug-likeness (QED) is 0.117. The zero-order valence-electron chi connectivity index (χ0n) is 31.9. The number of thiophene rings is 2. The summed E-state index contributed by atoms with van der Waals surface area (Å²) >= 11 is 2.77. The zero-order valence-corrected chi connectivity index (χ0v) is 33.5. The summed E-state index contributed by atoms with van der Waals surface area (Å²) in [5.74, 6) is 0.708. The van der Waals surface area contributed by atoms with Gasteiger partial charge in [-0.05, 0) is 113 Å². The Morgan fingerprint density at radius 1 is 1.14 bits per heavy atom. The first-order valence-corrected chi connectivity index (χ1v) is 21.5. The van der Waals surface area contributed by atoms with Gasteiger partial charge in [0, 0.05) is 42.5 Å². The number of rotatable bonds is 14. The predicted octanol–water partition coefficient (Wildman–Crippen LogP) is 3.82. The van der Waals surface area contributed by atoms with Crippen LogP contribution in [0.2, 0.25) is 0 Å². The monoisotopic (exact) mass is 808 g/mol. The maximum Gasteiger partial charge on any atom is 0.349 e. The highest BCUT2D eigenvalue weighted by Crippen LogP contribution is 2.43. The van der Waals surface area contributed by atoms with Crippen molar-refractivity contribution in [3.8, 4) is 11.5 Å². The van der Waals surface area contributed by atoms with Crippen molar-refractivity contribution in [2.45, 2.75) is 114 Å². The number of fused-ring (bicyclic) bond motifs is 4. The van der Waals surface area contributed by atoms with E-state index in [0.717, 1.165) is 66.5 Å². The molecule has 6 atom stereocenters. The maximum absolute atomic E-state index is 13.5. The summed E-state index contributed by atoms with van der Waals surface area (Å²) in [6, 6.07) is 9.39. The van der Waals surface area contributed by atoms with E-state index < -0.39 is 23.8 Å². The first-order chi connectivity index (χ1) is 27.1. The standard InChI is InChI=1S/C40H52N6O8S2/c1-23-6-14-33(56-23)40(51,32-5-3-18-55-32)39(50)54-26-9-7-25(8-10-26)45(2)16-4-17-46-36-29(43-44-46)19-24(37-38(36)53-22-52-37)20-41-21-31(48)27-11-13-30(47)35-28(27)12-15-34(49)42-35/h3,5-6,14,18-19,25-28,30-31,35,41,47-48,51H,4,7-13,15-17,20-22H2,1-2H3,(H,42,49)/t25?,26?,27?,28?,30?,31-,35?,40+/m0/s1. The fraction of sp³-hybridized carbons (Fsp3) is 0.600. The van der Waals surface area contributed by atoms with E-state index in [4.69, 9.17) is 14.2 Å². The van der Waals surface area contributed by atoms with E-state index in [2.05, 4.69) is 32.9 Å². The molecule has 3 fully saturated rings. The summed E-state index contributed by atoms with van der Waals surface area (Å²) in [7, 11) is 2.14. The molecule has 3 aromatic heterocycles. The largest absolute Gasteiger partial charge is 0.460 e. The number of aliphatic hydroxyl groups excluding tert-OH is 2. The Morgan fingerprint density at radius 2 is 1.96 bits per heavy atom. The second-order valence-corrected chi connectivity index (χ2v) is 18.1. The molecule has 56 heavy (non-hydrogen) atoms. The number of hydrogen-bond acceptors (Lipinski definition) is 14. The molecule has 0 radical (unpaired) electrons. The van der Waals surface area contributed by atoms with E-state index >= 15 is 0 Å². The van der Waals surface area contributed by atoms with Gasteiger partial charge in [0.05, 0.1) is 28.0 Å². The first-order valence-electron chi connectivity index (χ1n) is 19.9. The Balaban J connectivity index is 0.821. The van der Waals surface area contributed by atoms with Gasteiger partial charge in [-0.2, -0.15) is 0 Å². The van der Waals surface area contributed by atoms with E-state index in [9.17, 15) is 24.9 Å². The van der Waals surface area contributed by atoms with E-state index in [1.165, 1.54) is 22.7 Å². The van der Waals surface area contributed by atoms with E-state index in [-0.39, 0.29) is 36.7 Å². The Hall–Kier alpha value is -3.64. The fourth-order valence-electron chi connectivity index (χ4n) is 9.24. The fourth-order valence-corrected chi connectivity index (χ4v) is 11.1. The van der Waals surface area contributed by atoms with Gasteiger partial charge in [-0.25, -0.2) is 9.48 Å². The number of aliphatic hydroxyl groups is 3. The Morgan fingerprint density at radius 3 is 2.73 bits per heavy atom. The van der Waals surface area contributed by atoms with Crippen LogP contribution in [-0.4, -0.2) is 104 Å². The summed E-state index contributed by atoms with van der Waals surface area (Å²) in [6.07, 6.45) is 5.07. The van der Waals surface area contributed by atoms with Crippen LogP contribution in [0.4, 0.5) is 0 Å². The van der Waals surface area contributed by atoms with E-state index in [1.807, 2.05) is 41.3 Å². The minimum absolute atomic E-state index is 0.00589. The normalized spacial score (nSPS) is 26.5. The van der Waals surface area contributed by atoms with E-state index in [1.54, 1.807) is 6.07 Å². The van der Waals surface area contributed by atoms with Crippen molar-refractivity contribution in [1.29, 1.82) is 0 Å². The number of amides is 1. The number of aryl methyl sites for hydroxylation is 2. The van der Waals surface area contributed by atoms with Gasteiger partial charge in [0.2, 0.25) is 18.3 Å². The van der Waals surface area contributed by atoms with Crippen molar-refractivity contribution in [3.63, 3.8) is 0 Å². The lowest BCUT2D eigenvalue weighted by Crippen LogP contribution is -2.58. The molecule has 2 aliphatic carbocycles. The van der Waals surface area contributed by atoms with Crippen LogP contribution in [0.1, 0.15) is 78.0 Å². The van der Waals surface area contributed by atoms with E-state index in [0.29, 0.717) is 66.2 Å². The second kappa shape index (κ2) is 16.7. The van der Waals surface area contributed by atoms with Gasteiger partial charge in [0.15, 0.2) is 11.5 Å². The van der Waals surface area contributed by atoms with Crippen molar-refractivity contribution in [2.24, 2.45) is 11.8 Å². The highest BCUT2D eigenvalue weighted by Gasteiger charge is 2.46. The number of aromatic nitrogens is 3. The lowest BCUT2D eigenvalue weighted by atomic mass is 9.68. The third-order valence-corrected chi connectivity index (χ3v) is 14.4.